The van der Waals surface area contributed by atoms with Gasteiger partial charge in [0, 0.05) is 6.61 Å². The predicted molar refractivity (Wildman–Crippen MR) is 56.6 cm³/mol. The molecule has 1 nitrogen and oxygen atoms in total. The molecule has 0 bridgehead atoms. The molecule has 0 aliphatic heterocycles. The number of rotatable bonds is 4. The van der Waals surface area contributed by atoms with Crippen molar-refractivity contribution in [2.45, 2.75) is 52.4 Å². The minimum atomic E-state index is 0.358. The molecule has 0 amide bonds. The summed E-state index contributed by atoms with van der Waals surface area (Å²) in [6.45, 7) is 4.87. The van der Waals surface area contributed by atoms with Gasteiger partial charge >= 0.3 is 0 Å². The van der Waals surface area contributed by atoms with Crippen molar-refractivity contribution >= 4 is 0 Å². The normalized spacial score (nSPS) is 24.2. The van der Waals surface area contributed by atoms with Gasteiger partial charge in [-0.25, -0.2) is 0 Å². The Morgan fingerprint density at radius 3 is 2.31 bits per heavy atom. The molecular weight excluding hydrogens is 160 g/mol. The molecule has 1 aliphatic rings. The predicted octanol–water partition coefficient (Wildman–Crippen LogP) is 3.22. The number of hydrogen-bond donors (Lipinski definition) is 1. The first kappa shape index (κ1) is 11.0. The molecule has 13 heavy (non-hydrogen) atoms. The minimum Gasteiger partial charge on any atom is -0.396 e. The van der Waals surface area contributed by atoms with Crippen LogP contribution >= 0.6 is 0 Å². The van der Waals surface area contributed by atoms with Crippen molar-refractivity contribution in [3.63, 3.8) is 0 Å². The highest BCUT2D eigenvalue weighted by molar-refractivity contribution is 4.72. The first-order chi connectivity index (χ1) is 6.24. The van der Waals surface area contributed by atoms with Crippen molar-refractivity contribution in [1.82, 2.24) is 0 Å². The first-order valence-electron chi connectivity index (χ1n) is 5.85. The summed E-state index contributed by atoms with van der Waals surface area (Å²) >= 11 is 0. The van der Waals surface area contributed by atoms with Gasteiger partial charge in [0.1, 0.15) is 0 Å². The van der Waals surface area contributed by atoms with E-state index in [-0.39, 0.29) is 0 Å². The van der Waals surface area contributed by atoms with Crippen molar-refractivity contribution < 1.29 is 5.11 Å². The van der Waals surface area contributed by atoms with Crippen LogP contribution in [0.2, 0.25) is 0 Å². The molecule has 2 unspecified atom stereocenters. The lowest BCUT2D eigenvalue weighted by atomic mass is 9.77. The Balaban J connectivity index is 2.24. The Morgan fingerprint density at radius 1 is 1.15 bits per heavy atom. The monoisotopic (exact) mass is 184 g/mol. The maximum absolute atomic E-state index is 8.98. The summed E-state index contributed by atoms with van der Waals surface area (Å²) in [6, 6.07) is 0. The maximum Gasteiger partial charge on any atom is 0.0456 e. The summed E-state index contributed by atoms with van der Waals surface area (Å²) in [5.41, 5.74) is 0. The van der Waals surface area contributed by atoms with Gasteiger partial charge in [-0.1, -0.05) is 46.0 Å². The fourth-order valence-electron chi connectivity index (χ4n) is 2.60. The van der Waals surface area contributed by atoms with Gasteiger partial charge in [-0.2, -0.15) is 0 Å². The minimum absolute atomic E-state index is 0.358. The summed E-state index contributed by atoms with van der Waals surface area (Å²) in [6.07, 6.45) is 8.38. The average Bonchev–Trinajstić information content (AvgIpc) is 2.19. The Bertz CT molecular complexity index is 127. The van der Waals surface area contributed by atoms with Crippen LogP contribution in [0.3, 0.4) is 0 Å². The molecule has 1 fully saturated rings. The summed E-state index contributed by atoms with van der Waals surface area (Å²) in [5.74, 6) is 2.27. The molecule has 0 aromatic carbocycles. The largest absolute Gasteiger partial charge is 0.396 e. The topological polar surface area (TPSA) is 20.2 Å². The van der Waals surface area contributed by atoms with E-state index in [1.165, 1.54) is 38.5 Å². The molecular formula is C12H24O. The lowest BCUT2D eigenvalue weighted by molar-refractivity contribution is 0.178. The molecule has 1 heteroatoms. The summed E-state index contributed by atoms with van der Waals surface area (Å²) in [5, 5.41) is 8.98. The molecule has 0 radical (unpaired) electrons. The molecule has 0 spiro atoms. The molecule has 0 heterocycles. The van der Waals surface area contributed by atoms with Crippen LogP contribution in [-0.2, 0) is 0 Å². The van der Waals surface area contributed by atoms with Crippen molar-refractivity contribution in [3.8, 4) is 0 Å². The Hall–Kier alpha value is -0.0400. The lowest BCUT2D eigenvalue weighted by Crippen LogP contribution is -2.18. The zero-order chi connectivity index (χ0) is 9.68. The Kier molecular flexibility index (Phi) is 4.79. The fourth-order valence-corrected chi connectivity index (χ4v) is 2.60. The second-order valence-corrected chi connectivity index (χ2v) is 4.90. The van der Waals surface area contributed by atoms with Crippen molar-refractivity contribution in [1.29, 1.82) is 0 Å². The van der Waals surface area contributed by atoms with E-state index in [1.54, 1.807) is 0 Å². The number of aliphatic hydroxyl groups is 1. The quantitative estimate of drug-likeness (QED) is 0.711. The van der Waals surface area contributed by atoms with Crippen LogP contribution in [0, 0.1) is 17.8 Å². The summed E-state index contributed by atoms with van der Waals surface area (Å²) in [4.78, 5) is 0. The molecule has 2 atom stereocenters. The molecule has 0 saturated heterocycles. The molecule has 1 aliphatic carbocycles. The van der Waals surface area contributed by atoms with Crippen LogP contribution in [0.1, 0.15) is 52.4 Å². The average molecular weight is 184 g/mol. The van der Waals surface area contributed by atoms with E-state index < -0.39 is 0 Å². The van der Waals surface area contributed by atoms with E-state index >= 15 is 0 Å². The van der Waals surface area contributed by atoms with E-state index in [1.807, 2.05) is 0 Å². The van der Waals surface area contributed by atoms with Gasteiger partial charge in [0.2, 0.25) is 0 Å². The maximum atomic E-state index is 8.98. The molecule has 1 rings (SSSR count). The smallest absolute Gasteiger partial charge is 0.0456 e. The standard InChI is InChI=1S/C12H24O/c1-10(9-13)8-11(2)12-6-4-3-5-7-12/h10-13H,3-9H2,1-2H3. The molecule has 1 N–H and O–H groups in total. The second-order valence-electron chi connectivity index (χ2n) is 4.90. The van der Waals surface area contributed by atoms with E-state index in [0.717, 1.165) is 11.8 Å². The highest BCUT2D eigenvalue weighted by Crippen LogP contribution is 2.32. The fraction of sp³-hybridized carbons (Fsp3) is 1.00. The highest BCUT2D eigenvalue weighted by atomic mass is 16.3. The zero-order valence-corrected chi connectivity index (χ0v) is 9.13. The first-order valence-corrected chi connectivity index (χ1v) is 5.85. The Labute approximate surface area is 82.5 Å². The SMILES string of the molecule is CC(CO)CC(C)C1CCCCC1. The lowest BCUT2D eigenvalue weighted by Gasteiger charge is -2.29. The van der Waals surface area contributed by atoms with Crippen LogP contribution in [0.25, 0.3) is 0 Å². The van der Waals surface area contributed by atoms with Crippen LogP contribution < -0.4 is 0 Å². The Morgan fingerprint density at radius 2 is 1.77 bits per heavy atom. The molecule has 1 saturated carbocycles. The van der Waals surface area contributed by atoms with Gasteiger partial charge in [-0.3, -0.25) is 0 Å². The van der Waals surface area contributed by atoms with E-state index in [9.17, 15) is 0 Å². The summed E-state index contributed by atoms with van der Waals surface area (Å²) < 4.78 is 0. The van der Waals surface area contributed by atoms with E-state index in [2.05, 4.69) is 13.8 Å². The van der Waals surface area contributed by atoms with Gasteiger partial charge in [0.15, 0.2) is 0 Å². The van der Waals surface area contributed by atoms with Crippen LogP contribution in [0.15, 0.2) is 0 Å². The van der Waals surface area contributed by atoms with Gasteiger partial charge in [-0.05, 0) is 24.2 Å². The van der Waals surface area contributed by atoms with Crippen molar-refractivity contribution in [2.75, 3.05) is 6.61 Å². The third kappa shape index (κ3) is 3.68. The third-order valence-electron chi connectivity index (χ3n) is 3.54. The van der Waals surface area contributed by atoms with Gasteiger partial charge in [0.25, 0.3) is 0 Å². The van der Waals surface area contributed by atoms with E-state index in [4.69, 9.17) is 5.11 Å². The van der Waals surface area contributed by atoms with Crippen molar-refractivity contribution in [2.24, 2.45) is 17.8 Å². The highest BCUT2D eigenvalue weighted by Gasteiger charge is 2.21. The number of hydrogen-bond acceptors (Lipinski definition) is 1. The van der Waals surface area contributed by atoms with Gasteiger partial charge in [-0.15, -0.1) is 0 Å². The van der Waals surface area contributed by atoms with E-state index in [0.29, 0.717) is 12.5 Å². The molecule has 78 valence electrons. The van der Waals surface area contributed by atoms with Crippen LogP contribution in [-0.4, -0.2) is 11.7 Å². The van der Waals surface area contributed by atoms with Crippen molar-refractivity contribution in [3.05, 3.63) is 0 Å². The molecule has 0 aromatic heterocycles. The van der Waals surface area contributed by atoms with Gasteiger partial charge < -0.3 is 5.11 Å². The van der Waals surface area contributed by atoms with Crippen LogP contribution in [0.4, 0.5) is 0 Å². The van der Waals surface area contributed by atoms with Gasteiger partial charge in [0.05, 0.1) is 0 Å². The third-order valence-corrected chi connectivity index (χ3v) is 3.54. The molecule has 0 aromatic rings. The zero-order valence-electron chi connectivity index (χ0n) is 9.13. The summed E-state index contributed by atoms with van der Waals surface area (Å²) in [7, 11) is 0. The van der Waals surface area contributed by atoms with Crippen LogP contribution in [0.5, 0.6) is 0 Å². The number of aliphatic hydroxyl groups excluding tert-OH is 1. The second kappa shape index (κ2) is 5.64.